The fraction of sp³-hybridized carbons (Fsp3) is 0.333. The molecule has 1 heterocycles. The third kappa shape index (κ3) is 5.19. The van der Waals surface area contributed by atoms with Crippen molar-refractivity contribution in [1.82, 2.24) is 4.98 Å². The number of primary amides is 1. The number of nitrogens with zero attached hydrogens (tertiary/aromatic N) is 1. The molecule has 0 atom stereocenters. The molecule has 1 rings (SSSR count). The third-order valence-corrected chi connectivity index (χ3v) is 1.75. The van der Waals surface area contributed by atoms with Crippen molar-refractivity contribution in [3.8, 4) is 0 Å². The highest BCUT2D eigenvalue weighted by Crippen LogP contribution is 2.10. The summed E-state index contributed by atoms with van der Waals surface area (Å²) in [6, 6.07) is 3.50. The highest BCUT2D eigenvalue weighted by atomic mass is 35.5. The SMILES string of the molecule is NC(=O)COCCNc1ccnc(Cl)c1. The van der Waals surface area contributed by atoms with Crippen molar-refractivity contribution in [3.05, 3.63) is 23.5 Å². The van der Waals surface area contributed by atoms with Gasteiger partial charge >= 0.3 is 0 Å². The van der Waals surface area contributed by atoms with Crippen molar-refractivity contribution in [2.45, 2.75) is 0 Å². The number of carbonyl (C=O) groups is 1. The molecular formula is C9H12ClN3O2. The first-order chi connectivity index (χ1) is 7.18. The second kappa shape index (κ2) is 6.21. The fourth-order valence-electron chi connectivity index (χ4n) is 0.953. The van der Waals surface area contributed by atoms with Crippen LogP contribution in [0.25, 0.3) is 0 Å². The van der Waals surface area contributed by atoms with Crippen molar-refractivity contribution < 1.29 is 9.53 Å². The quantitative estimate of drug-likeness (QED) is 0.555. The highest BCUT2D eigenvalue weighted by molar-refractivity contribution is 6.29. The normalized spacial score (nSPS) is 9.93. The maximum absolute atomic E-state index is 10.3. The molecule has 0 spiro atoms. The summed E-state index contributed by atoms with van der Waals surface area (Å²) in [7, 11) is 0. The molecule has 15 heavy (non-hydrogen) atoms. The second-order valence-corrected chi connectivity index (χ2v) is 3.20. The van der Waals surface area contributed by atoms with Crippen LogP contribution in [-0.2, 0) is 9.53 Å². The van der Waals surface area contributed by atoms with E-state index in [2.05, 4.69) is 10.3 Å². The van der Waals surface area contributed by atoms with E-state index >= 15 is 0 Å². The largest absolute Gasteiger partial charge is 0.383 e. The van der Waals surface area contributed by atoms with Gasteiger partial charge in [0, 0.05) is 18.4 Å². The van der Waals surface area contributed by atoms with Gasteiger partial charge in [0.2, 0.25) is 5.91 Å². The van der Waals surface area contributed by atoms with Gasteiger partial charge in [0.1, 0.15) is 11.8 Å². The molecule has 0 aliphatic heterocycles. The number of rotatable bonds is 6. The van der Waals surface area contributed by atoms with Crippen LogP contribution < -0.4 is 11.1 Å². The summed E-state index contributed by atoms with van der Waals surface area (Å²) < 4.78 is 4.96. The van der Waals surface area contributed by atoms with Crippen LogP contribution in [0.4, 0.5) is 5.69 Å². The van der Waals surface area contributed by atoms with Gasteiger partial charge < -0.3 is 15.8 Å². The van der Waals surface area contributed by atoms with Crippen molar-refractivity contribution in [2.75, 3.05) is 25.1 Å². The number of halogens is 1. The van der Waals surface area contributed by atoms with Gasteiger partial charge in [-0.1, -0.05) is 11.6 Å². The van der Waals surface area contributed by atoms with Crippen molar-refractivity contribution in [1.29, 1.82) is 0 Å². The van der Waals surface area contributed by atoms with E-state index in [0.29, 0.717) is 18.3 Å². The average Bonchev–Trinajstić information content (AvgIpc) is 2.17. The van der Waals surface area contributed by atoms with E-state index in [1.54, 1.807) is 18.3 Å². The van der Waals surface area contributed by atoms with Crippen LogP contribution in [0.2, 0.25) is 5.15 Å². The van der Waals surface area contributed by atoms with Gasteiger partial charge in [-0.15, -0.1) is 0 Å². The minimum atomic E-state index is -0.470. The predicted octanol–water partition coefficient (Wildman–Crippen LogP) is 0.649. The smallest absolute Gasteiger partial charge is 0.243 e. The predicted molar refractivity (Wildman–Crippen MR) is 57.8 cm³/mol. The summed E-state index contributed by atoms with van der Waals surface area (Å²) in [6.07, 6.45) is 1.61. The number of pyridine rings is 1. The summed E-state index contributed by atoms with van der Waals surface area (Å²) in [5.74, 6) is -0.470. The first kappa shape index (κ1) is 11.7. The molecule has 0 aliphatic rings. The number of hydrogen-bond acceptors (Lipinski definition) is 4. The first-order valence-corrected chi connectivity index (χ1v) is 4.78. The molecule has 0 aromatic carbocycles. The average molecular weight is 230 g/mol. The molecule has 0 radical (unpaired) electrons. The summed E-state index contributed by atoms with van der Waals surface area (Å²) in [4.78, 5) is 14.2. The monoisotopic (exact) mass is 229 g/mol. The van der Waals surface area contributed by atoms with Crippen LogP contribution in [0.1, 0.15) is 0 Å². The fourth-order valence-corrected chi connectivity index (χ4v) is 1.13. The Balaban J connectivity index is 2.17. The van der Waals surface area contributed by atoms with Crippen LogP contribution in [-0.4, -0.2) is 30.6 Å². The van der Waals surface area contributed by atoms with Crippen LogP contribution in [0.5, 0.6) is 0 Å². The van der Waals surface area contributed by atoms with Gasteiger partial charge in [0.05, 0.1) is 6.61 Å². The minimum Gasteiger partial charge on any atom is -0.383 e. The summed E-state index contributed by atoms with van der Waals surface area (Å²) in [5, 5.41) is 3.49. The third-order valence-electron chi connectivity index (χ3n) is 1.55. The summed E-state index contributed by atoms with van der Waals surface area (Å²) in [6.45, 7) is 0.926. The van der Waals surface area contributed by atoms with Gasteiger partial charge in [-0.25, -0.2) is 4.98 Å². The van der Waals surface area contributed by atoms with Crippen LogP contribution in [0.3, 0.4) is 0 Å². The Kier molecular flexibility index (Phi) is 4.86. The Bertz CT molecular complexity index is 333. The molecule has 1 aromatic heterocycles. The molecule has 82 valence electrons. The molecule has 0 bridgehead atoms. The van der Waals surface area contributed by atoms with E-state index in [0.717, 1.165) is 5.69 Å². The van der Waals surface area contributed by atoms with Gasteiger partial charge in [-0.3, -0.25) is 4.79 Å². The zero-order valence-electron chi connectivity index (χ0n) is 8.07. The van der Waals surface area contributed by atoms with E-state index in [9.17, 15) is 4.79 Å². The Morgan fingerprint density at radius 2 is 2.47 bits per heavy atom. The Morgan fingerprint density at radius 1 is 1.67 bits per heavy atom. The van der Waals surface area contributed by atoms with Gasteiger partial charge in [0.15, 0.2) is 0 Å². The van der Waals surface area contributed by atoms with E-state index in [1.165, 1.54) is 0 Å². The van der Waals surface area contributed by atoms with Crippen molar-refractivity contribution in [3.63, 3.8) is 0 Å². The standard InChI is InChI=1S/C9H12ClN3O2/c10-8-5-7(1-2-13-8)12-3-4-15-6-9(11)14/h1-2,5H,3-4,6H2,(H2,11,14)(H,12,13). The maximum Gasteiger partial charge on any atom is 0.243 e. The van der Waals surface area contributed by atoms with E-state index in [4.69, 9.17) is 22.1 Å². The maximum atomic E-state index is 10.3. The Hall–Kier alpha value is -1.33. The number of aromatic nitrogens is 1. The number of anilines is 1. The minimum absolute atomic E-state index is 0.0568. The molecule has 0 saturated heterocycles. The topological polar surface area (TPSA) is 77.2 Å². The lowest BCUT2D eigenvalue weighted by Crippen LogP contribution is -2.20. The van der Waals surface area contributed by atoms with Crippen molar-refractivity contribution in [2.24, 2.45) is 5.73 Å². The lowest BCUT2D eigenvalue weighted by atomic mass is 10.4. The zero-order chi connectivity index (χ0) is 11.1. The van der Waals surface area contributed by atoms with Crippen LogP contribution >= 0.6 is 11.6 Å². The van der Waals surface area contributed by atoms with Gasteiger partial charge in [-0.2, -0.15) is 0 Å². The summed E-state index contributed by atoms with van der Waals surface area (Å²) in [5.41, 5.74) is 5.75. The van der Waals surface area contributed by atoms with Crippen LogP contribution in [0.15, 0.2) is 18.3 Å². The number of nitrogens with one attached hydrogen (secondary N) is 1. The van der Waals surface area contributed by atoms with E-state index in [-0.39, 0.29) is 6.61 Å². The molecule has 0 aliphatic carbocycles. The van der Waals surface area contributed by atoms with Gasteiger partial charge in [0.25, 0.3) is 0 Å². The lowest BCUT2D eigenvalue weighted by molar-refractivity contribution is -0.122. The Morgan fingerprint density at radius 3 is 3.13 bits per heavy atom. The molecule has 3 N–H and O–H groups in total. The molecule has 0 saturated carbocycles. The zero-order valence-corrected chi connectivity index (χ0v) is 8.83. The molecule has 0 fully saturated rings. The second-order valence-electron chi connectivity index (χ2n) is 2.81. The van der Waals surface area contributed by atoms with Crippen molar-refractivity contribution >= 4 is 23.2 Å². The molecule has 5 nitrogen and oxygen atoms in total. The van der Waals surface area contributed by atoms with Gasteiger partial charge in [-0.05, 0) is 12.1 Å². The molecule has 1 amide bonds. The number of amides is 1. The number of hydrogen-bond donors (Lipinski definition) is 2. The molecule has 0 unspecified atom stereocenters. The highest BCUT2D eigenvalue weighted by Gasteiger charge is 1.95. The first-order valence-electron chi connectivity index (χ1n) is 4.40. The molecule has 1 aromatic rings. The summed E-state index contributed by atoms with van der Waals surface area (Å²) >= 11 is 5.68. The Labute approximate surface area is 92.6 Å². The van der Waals surface area contributed by atoms with E-state index < -0.39 is 5.91 Å². The van der Waals surface area contributed by atoms with Crippen LogP contribution in [0, 0.1) is 0 Å². The van der Waals surface area contributed by atoms with E-state index in [1.807, 2.05) is 0 Å². The molecular weight excluding hydrogens is 218 g/mol. The lowest BCUT2D eigenvalue weighted by Gasteiger charge is -2.06. The number of nitrogens with two attached hydrogens (primary N) is 1. The molecule has 6 heteroatoms. The number of carbonyl (C=O) groups excluding carboxylic acids is 1. The number of ether oxygens (including phenoxy) is 1.